The van der Waals surface area contributed by atoms with Gasteiger partial charge in [-0.1, -0.05) is 42.3 Å². The molecule has 35 heavy (non-hydrogen) atoms. The van der Waals surface area contributed by atoms with Gasteiger partial charge in [-0.05, 0) is 80.8 Å². The highest BCUT2D eigenvalue weighted by Crippen LogP contribution is 2.27. The van der Waals surface area contributed by atoms with Gasteiger partial charge in [-0.15, -0.1) is 0 Å². The van der Waals surface area contributed by atoms with Crippen LogP contribution in [0.4, 0.5) is 5.69 Å². The number of nitrogens with zero attached hydrogens (tertiary/aromatic N) is 2. The lowest BCUT2D eigenvalue weighted by atomic mass is 10.1. The summed E-state index contributed by atoms with van der Waals surface area (Å²) in [5.74, 6) is 0.207. The Labute approximate surface area is 207 Å². The van der Waals surface area contributed by atoms with Crippen molar-refractivity contribution in [3.8, 4) is 5.75 Å². The quantitative estimate of drug-likeness (QED) is 0.326. The lowest BCUT2D eigenvalue weighted by molar-refractivity contribution is -0.119. The van der Waals surface area contributed by atoms with Crippen molar-refractivity contribution in [1.82, 2.24) is 5.43 Å². The minimum absolute atomic E-state index is 0.116. The second kappa shape index (κ2) is 11.7. The van der Waals surface area contributed by atoms with E-state index in [1.807, 2.05) is 64.1 Å². The van der Waals surface area contributed by atoms with Crippen LogP contribution in [0.2, 0.25) is 0 Å². The molecule has 7 nitrogen and oxygen atoms in total. The fraction of sp³-hybridized carbons (Fsp3) is 0.259. The third-order valence-corrected chi connectivity index (χ3v) is 7.05. The van der Waals surface area contributed by atoms with Crippen LogP contribution in [0.3, 0.4) is 0 Å². The second-order valence-corrected chi connectivity index (χ2v) is 10.2. The van der Waals surface area contributed by atoms with Crippen LogP contribution in [0.25, 0.3) is 0 Å². The Balaban J connectivity index is 1.79. The first kappa shape index (κ1) is 26.0. The van der Waals surface area contributed by atoms with Gasteiger partial charge in [0.25, 0.3) is 15.9 Å². The number of carbonyl (C=O) groups excluding carboxylic acids is 1. The summed E-state index contributed by atoms with van der Waals surface area (Å²) in [4.78, 5) is 12.9. The summed E-state index contributed by atoms with van der Waals surface area (Å²) in [7, 11) is -3.98. The molecule has 3 aromatic carbocycles. The van der Waals surface area contributed by atoms with E-state index in [-0.39, 0.29) is 4.90 Å². The van der Waals surface area contributed by atoms with Gasteiger partial charge in [-0.25, -0.2) is 13.8 Å². The van der Waals surface area contributed by atoms with Gasteiger partial charge in [0.15, 0.2) is 0 Å². The van der Waals surface area contributed by atoms with E-state index in [4.69, 9.17) is 4.74 Å². The molecule has 0 bridgehead atoms. The van der Waals surface area contributed by atoms with Crippen LogP contribution in [-0.2, 0) is 14.8 Å². The summed E-state index contributed by atoms with van der Waals surface area (Å²) in [6, 6.07) is 19.3. The van der Waals surface area contributed by atoms with E-state index >= 15 is 0 Å². The van der Waals surface area contributed by atoms with Gasteiger partial charge in [0.1, 0.15) is 12.3 Å². The zero-order chi connectivity index (χ0) is 25.4. The third kappa shape index (κ3) is 6.93. The molecule has 1 amide bonds. The van der Waals surface area contributed by atoms with Crippen molar-refractivity contribution in [3.05, 3.63) is 89.0 Å². The number of hydrazone groups is 1. The Bertz CT molecular complexity index is 1290. The van der Waals surface area contributed by atoms with Crippen molar-refractivity contribution >= 4 is 27.8 Å². The molecule has 3 aromatic rings. The number of aryl methyl sites for hydroxylation is 3. The minimum atomic E-state index is -3.98. The van der Waals surface area contributed by atoms with Gasteiger partial charge in [-0.2, -0.15) is 5.10 Å². The summed E-state index contributed by atoms with van der Waals surface area (Å²) in [5, 5.41) is 4.00. The molecule has 0 aromatic heterocycles. The van der Waals surface area contributed by atoms with Gasteiger partial charge in [0, 0.05) is 0 Å². The number of amides is 1. The number of ether oxygens (including phenoxy) is 1. The Kier molecular flexibility index (Phi) is 8.65. The highest BCUT2D eigenvalue weighted by molar-refractivity contribution is 7.92. The van der Waals surface area contributed by atoms with Crippen LogP contribution < -0.4 is 14.5 Å². The fourth-order valence-electron chi connectivity index (χ4n) is 3.44. The second-order valence-electron chi connectivity index (χ2n) is 8.33. The zero-order valence-corrected chi connectivity index (χ0v) is 21.3. The van der Waals surface area contributed by atoms with E-state index in [1.54, 1.807) is 30.3 Å². The lowest BCUT2D eigenvalue weighted by Gasteiger charge is -2.25. The summed E-state index contributed by atoms with van der Waals surface area (Å²) in [6.45, 7) is 7.91. The van der Waals surface area contributed by atoms with E-state index in [0.29, 0.717) is 12.3 Å². The molecule has 0 heterocycles. The Morgan fingerprint density at radius 1 is 0.971 bits per heavy atom. The third-order valence-electron chi connectivity index (χ3n) is 5.27. The van der Waals surface area contributed by atoms with E-state index in [0.717, 1.165) is 38.7 Å². The van der Waals surface area contributed by atoms with E-state index in [9.17, 15) is 13.2 Å². The van der Waals surface area contributed by atoms with Crippen LogP contribution >= 0.6 is 0 Å². The standard InChI is InChI=1S/C27H31N3O4S/c1-5-16-34-24-11-9-23(10-12-24)18-28-29-27(31)19-30(26-15-8-21(3)17-22(26)4)35(32,33)25-13-6-20(2)7-14-25/h6-15,17-18H,5,16,19H2,1-4H3,(H,29,31)/b28-18-. The van der Waals surface area contributed by atoms with Crippen molar-refractivity contribution in [2.24, 2.45) is 5.10 Å². The molecule has 8 heteroatoms. The molecule has 184 valence electrons. The smallest absolute Gasteiger partial charge is 0.264 e. The minimum Gasteiger partial charge on any atom is -0.494 e. The maximum absolute atomic E-state index is 13.5. The molecule has 1 N–H and O–H groups in total. The van der Waals surface area contributed by atoms with Gasteiger partial charge >= 0.3 is 0 Å². The van der Waals surface area contributed by atoms with Crippen molar-refractivity contribution in [3.63, 3.8) is 0 Å². The summed E-state index contributed by atoms with van der Waals surface area (Å²) >= 11 is 0. The van der Waals surface area contributed by atoms with Crippen molar-refractivity contribution in [2.45, 2.75) is 39.0 Å². The molecule has 0 unspecified atom stereocenters. The molecule has 0 aliphatic heterocycles. The molecule has 3 rings (SSSR count). The Morgan fingerprint density at radius 2 is 1.63 bits per heavy atom. The fourth-order valence-corrected chi connectivity index (χ4v) is 4.92. The Hall–Kier alpha value is -3.65. The van der Waals surface area contributed by atoms with E-state index in [1.165, 1.54) is 6.21 Å². The number of hydrogen-bond acceptors (Lipinski definition) is 5. The normalized spacial score (nSPS) is 11.4. The van der Waals surface area contributed by atoms with E-state index in [2.05, 4.69) is 10.5 Å². The van der Waals surface area contributed by atoms with Gasteiger partial charge in [0.2, 0.25) is 0 Å². The molecule has 0 atom stereocenters. The highest BCUT2D eigenvalue weighted by Gasteiger charge is 2.28. The maximum atomic E-state index is 13.5. The van der Waals surface area contributed by atoms with Gasteiger partial charge < -0.3 is 4.74 Å². The summed E-state index contributed by atoms with van der Waals surface area (Å²) in [6.07, 6.45) is 2.42. The molecule has 0 aliphatic rings. The van der Waals surface area contributed by atoms with Crippen LogP contribution in [-0.4, -0.2) is 33.7 Å². The van der Waals surface area contributed by atoms with Gasteiger partial charge in [-0.3, -0.25) is 9.10 Å². The van der Waals surface area contributed by atoms with Crippen LogP contribution in [0.15, 0.2) is 76.7 Å². The number of hydrogen-bond donors (Lipinski definition) is 1. The average Bonchev–Trinajstić information content (AvgIpc) is 2.83. The molecule has 0 fully saturated rings. The highest BCUT2D eigenvalue weighted by atomic mass is 32.2. The first-order valence-corrected chi connectivity index (χ1v) is 12.9. The Morgan fingerprint density at radius 3 is 2.26 bits per heavy atom. The topological polar surface area (TPSA) is 88.1 Å². The van der Waals surface area contributed by atoms with Crippen LogP contribution in [0, 0.1) is 20.8 Å². The first-order valence-electron chi connectivity index (χ1n) is 11.4. The van der Waals surface area contributed by atoms with Crippen LogP contribution in [0.1, 0.15) is 35.6 Å². The van der Waals surface area contributed by atoms with Crippen LogP contribution in [0.5, 0.6) is 5.75 Å². The van der Waals surface area contributed by atoms with Gasteiger partial charge in [0.05, 0.1) is 23.4 Å². The average molecular weight is 494 g/mol. The summed E-state index contributed by atoms with van der Waals surface area (Å²) < 4.78 is 33.7. The van der Waals surface area contributed by atoms with Crippen molar-refractivity contribution in [1.29, 1.82) is 0 Å². The lowest BCUT2D eigenvalue weighted by Crippen LogP contribution is -2.40. The monoisotopic (exact) mass is 493 g/mol. The number of benzene rings is 3. The molecule has 0 saturated carbocycles. The predicted octanol–water partition coefficient (Wildman–Crippen LogP) is 4.75. The number of rotatable bonds is 10. The predicted molar refractivity (Wildman–Crippen MR) is 140 cm³/mol. The van der Waals surface area contributed by atoms with Crippen molar-refractivity contribution < 1.29 is 17.9 Å². The largest absolute Gasteiger partial charge is 0.494 e. The molecule has 0 aliphatic carbocycles. The molecule has 0 spiro atoms. The zero-order valence-electron chi connectivity index (χ0n) is 20.5. The summed E-state index contributed by atoms with van der Waals surface area (Å²) in [5.41, 5.74) is 6.35. The molecule has 0 radical (unpaired) electrons. The number of anilines is 1. The molecular formula is C27H31N3O4S. The number of nitrogens with one attached hydrogen (secondary N) is 1. The molecule has 0 saturated heterocycles. The SMILES string of the molecule is CCCOc1ccc(/C=N\NC(=O)CN(c2ccc(C)cc2C)S(=O)(=O)c2ccc(C)cc2)cc1. The maximum Gasteiger partial charge on any atom is 0.264 e. The first-order chi connectivity index (χ1) is 16.7. The van der Waals surface area contributed by atoms with E-state index < -0.39 is 22.5 Å². The molecular weight excluding hydrogens is 462 g/mol. The number of sulfonamides is 1. The number of carbonyl (C=O) groups is 1. The van der Waals surface area contributed by atoms with Crippen molar-refractivity contribution in [2.75, 3.05) is 17.5 Å².